The van der Waals surface area contributed by atoms with Crippen LogP contribution in [0.3, 0.4) is 0 Å². The molecule has 4 heteroatoms. The first kappa shape index (κ1) is 14.1. The molecule has 3 rings (SSSR count). The minimum absolute atomic E-state index is 0.268. The van der Waals surface area contributed by atoms with Crippen LogP contribution in [0.25, 0.3) is 22.0 Å². The van der Waals surface area contributed by atoms with Gasteiger partial charge in [0.25, 0.3) is 5.91 Å². The smallest absolute Gasteiger partial charge is 0.267 e. The van der Waals surface area contributed by atoms with E-state index in [1.807, 2.05) is 49.4 Å². The molecule has 2 N–H and O–H groups in total. The molecule has 1 amide bonds. The molecule has 110 valence electrons. The zero-order valence-electron chi connectivity index (χ0n) is 12.5. The van der Waals surface area contributed by atoms with Gasteiger partial charge in [-0.2, -0.15) is 0 Å². The first-order chi connectivity index (χ1) is 10.6. The summed E-state index contributed by atoms with van der Waals surface area (Å²) in [4.78, 5) is 15.9. The molecule has 0 spiro atoms. The van der Waals surface area contributed by atoms with Crippen molar-refractivity contribution in [1.29, 1.82) is 0 Å². The normalized spacial score (nSPS) is 10.6. The van der Waals surface area contributed by atoms with E-state index < -0.39 is 5.91 Å². The number of rotatable bonds is 3. The number of benzene rings is 2. The second-order valence-electron chi connectivity index (χ2n) is 5.17. The van der Waals surface area contributed by atoms with Crippen molar-refractivity contribution in [3.63, 3.8) is 0 Å². The fourth-order valence-electron chi connectivity index (χ4n) is 2.47. The van der Waals surface area contributed by atoms with E-state index in [1.54, 1.807) is 13.2 Å². The molecule has 2 aromatic carbocycles. The third kappa shape index (κ3) is 2.51. The number of fused-ring (bicyclic) bond motifs is 1. The molecule has 0 saturated carbocycles. The Labute approximate surface area is 128 Å². The second kappa shape index (κ2) is 5.48. The largest absolute Gasteiger partial charge is 0.497 e. The number of amides is 1. The van der Waals surface area contributed by atoms with E-state index in [0.29, 0.717) is 0 Å². The molecular weight excluding hydrogens is 276 g/mol. The first-order valence-electron chi connectivity index (χ1n) is 6.94. The van der Waals surface area contributed by atoms with Crippen molar-refractivity contribution in [3.05, 3.63) is 59.8 Å². The number of nitrogens with zero attached hydrogens (tertiary/aromatic N) is 1. The van der Waals surface area contributed by atoms with Crippen molar-refractivity contribution < 1.29 is 9.53 Å². The van der Waals surface area contributed by atoms with Crippen LogP contribution in [0, 0.1) is 6.92 Å². The highest BCUT2D eigenvalue weighted by atomic mass is 16.5. The standard InChI is InChI=1S/C18H16N2O2/c1-11-3-8-14-15(12-4-6-13(22-2)7-5-12)10-17(18(19)21)20-16(14)9-11/h3-10H,1-2H3,(H2,19,21). The van der Waals surface area contributed by atoms with Crippen LogP contribution >= 0.6 is 0 Å². The average Bonchev–Trinajstić information content (AvgIpc) is 2.53. The van der Waals surface area contributed by atoms with Gasteiger partial charge in [-0.15, -0.1) is 0 Å². The minimum Gasteiger partial charge on any atom is -0.497 e. The molecule has 3 aromatic rings. The van der Waals surface area contributed by atoms with Gasteiger partial charge in [-0.1, -0.05) is 24.3 Å². The molecule has 0 saturated heterocycles. The van der Waals surface area contributed by atoms with Gasteiger partial charge in [0.1, 0.15) is 11.4 Å². The summed E-state index contributed by atoms with van der Waals surface area (Å²) in [6.07, 6.45) is 0. The summed E-state index contributed by atoms with van der Waals surface area (Å²) in [5.74, 6) is 0.256. The Morgan fingerprint density at radius 3 is 2.45 bits per heavy atom. The van der Waals surface area contributed by atoms with Gasteiger partial charge >= 0.3 is 0 Å². The number of pyridine rings is 1. The van der Waals surface area contributed by atoms with E-state index in [1.165, 1.54) is 0 Å². The van der Waals surface area contributed by atoms with E-state index in [0.717, 1.165) is 33.3 Å². The Morgan fingerprint density at radius 2 is 1.82 bits per heavy atom. The van der Waals surface area contributed by atoms with E-state index >= 15 is 0 Å². The number of aryl methyl sites for hydroxylation is 1. The van der Waals surface area contributed by atoms with Gasteiger partial charge in [0, 0.05) is 5.39 Å². The van der Waals surface area contributed by atoms with Crippen molar-refractivity contribution in [3.8, 4) is 16.9 Å². The van der Waals surface area contributed by atoms with Crippen LogP contribution in [0.5, 0.6) is 5.75 Å². The molecular formula is C18H16N2O2. The summed E-state index contributed by atoms with van der Waals surface area (Å²) >= 11 is 0. The Kier molecular flexibility index (Phi) is 3.51. The number of carbonyl (C=O) groups excluding carboxylic acids is 1. The fraction of sp³-hybridized carbons (Fsp3) is 0.111. The lowest BCUT2D eigenvalue weighted by atomic mass is 9.99. The number of aromatic nitrogens is 1. The summed E-state index contributed by atoms with van der Waals surface area (Å²) in [6, 6.07) is 15.4. The van der Waals surface area contributed by atoms with Crippen LogP contribution in [0.4, 0.5) is 0 Å². The molecule has 22 heavy (non-hydrogen) atoms. The van der Waals surface area contributed by atoms with Gasteiger partial charge in [0.2, 0.25) is 0 Å². The summed E-state index contributed by atoms with van der Waals surface area (Å²) < 4.78 is 5.18. The van der Waals surface area contributed by atoms with Crippen molar-refractivity contribution in [2.75, 3.05) is 7.11 Å². The zero-order valence-corrected chi connectivity index (χ0v) is 12.5. The number of ether oxygens (including phenoxy) is 1. The summed E-state index contributed by atoms with van der Waals surface area (Å²) in [7, 11) is 1.63. The van der Waals surface area contributed by atoms with Gasteiger partial charge in [0.05, 0.1) is 12.6 Å². The number of nitrogens with two attached hydrogens (primary N) is 1. The molecule has 4 nitrogen and oxygen atoms in total. The molecule has 0 fully saturated rings. The van der Waals surface area contributed by atoms with Crippen LogP contribution < -0.4 is 10.5 Å². The quantitative estimate of drug-likeness (QED) is 0.805. The lowest BCUT2D eigenvalue weighted by Crippen LogP contribution is -2.13. The van der Waals surface area contributed by atoms with E-state index in [4.69, 9.17) is 10.5 Å². The van der Waals surface area contributed by atoms with Crippen molar-refractivity contribution in [2.45, 2.75) is 6.92 Å². The van der Waals surface area contributed by atoms with Gasteiger partial charge in [0.15, 0.2) is 0 Å². The average molecular weight is 292 g/mol. The maximum absolute atomic E-state index is 11.6. The first-order valence-corrected chi connectivity index (χ1v) is 6.94. The molecule has 0 aliphatic heterocycles. The molecule has 0 unspecified atom stereocenters. The summed E-state index contributed by atoms with van der Waals surface area (Å²) in [5.41, 5.74) is 9.45. The van der Waals surface area contributed by atoms with Crippen LogP contribution in [-0.2, 0) is 0 Å². The van der Waals surface area contributed by atoms with E-state index in [2.05, 4.69) is 4.98 Å². The number of primary amides is 1. The maximum atomic E-state index is 11.6. The molecule has 1 aromatic heterocycles. The minimum atomic E-state index is -0.529. The number of carbonyl (C=O) groups is 1. The Balaban J connectivity index is 2.27. The molecule has 0 aliphatic rings. The second-order valence-corrected chi connectivity index (χ2v) is 5.17. The Hall–Kier alpha value is -2.88. The van der Waals surface area contributed by atoms with Gasteiger partial charge in [-0.3, -0.25) is 4.79 Å². The summed E-state index contributed by atoms with van der Waals surface area (Å²) in [6.45, 7) is 1.99. The Morgan fingerprint density at radius 1 is 1.09 bits per heavy atom. The predicted octanol–water partition coefficient (Wildman–Crippen LogP) is 3.32. The van der Waals surface area contributed by atoms with E-state index in [-0.39, 0.29) is 5.69 Å². The third-order valence-electron chi connectivity index (χ3n) is 3.62. The monoisotopic (exact) mass is 292 g/mol. The van der Waals surface area contributed by atoms with E-state index in [9.17, 15) is 4.79 Å². The van der Waals surface area contributed by atoms with Crippen molar-refractivity contribution in [1.82, 2.24) is 4.98 Å². The number of hydrogen-bond acceptors (Lipinski definition) is 3. The van der Waals surface area contributed by atoms with Gasteiger partial charge in [-0.25, -0.2) is 4.98 Å². The predicted molar refractivity (Wildman–Crippen MR) is 87.0 cm³/mol. The topological polar surface area (TPSA) is 65.2 Å². The van der Waals surface area contributed by atoms with Crippen LogP contribution in [0.1, 0.15) is 16.1 Å². The SMILES string of the molecule is COc1ccc(-c2cc(C(N)=O)nc3cc(C)ccc23)cc1. The van der Waals surface area contributed by atoms with Crippen LogP contribution in [0.15, 0.2) is 48.5 Å². The fourth-order valence-corrected chi connectivity index (χ4v) is 2.47. The van der Waals surface area contributed by atoms with Crippen LogP contribution in [0.2, 0.25) is 0 Å². The summed E-state index contributed by atoms with van der Waals surface area (Å²) in [5, 5.41) is 0.987. The lowest BCUT2D eigenvalue weighted by Gasteiger charge is -2.10. The highest BCUT2D eigenvalue weighted by molar-refractivity contribution is 6.00. The molecule has 0 bridgehead atoms. The molecule has 1 heterocycles. The zero-order chi connectivity index (χ0) is 15.7. The molecule has 0 atom stereocenters. The van der Waals surface area contributed by atoms with Gasteiger partial charge < -0.3 is 10.5 Å². The number of hydrogen-bond donors (Lipinski definition) is 1. The molecule has 0 aliphatic carbocycles. The highest BCUT2D eigenvalue weighted by Crippen LogP contribution is 2.30. The van der Waals surface area contributed by atoms with Crippen molar-refractivity contribution >= 4 is 16.8 Å². The number of methoxy groups -OCH3 is 1. The maximum Gasteiger partial charge on any atom is 0.267 e. The van der Waals surface area contributed by atoms with Crippen LogP contribution in [-0.4, -0.2) is 18.0 Å². The lowest BCUT2D eigenvalue weighted by molar-refractivity contribution is 0.0996. The third-order valence-corrected chi connectivity index (χ3v) is 3.62. The van der Waals surface area contributed by atoms with Gasteiger partial charge in [-0.05, 0) is 47.9 Å². The van der Waals surface area contributed by atoms with Crippen molar-refractivity contribution in [2.24, 2.45) is 5.73 Å². The Bertz CT molecular complexity index is 855. The highest BCUT2D eigenvalue weighted by Gasteiger charge is 2.11. The molecule has 0 radical (unpaired) electrons.